The Morgan fingerprint density at radius 3 is 1.14 bits per heavy atom. The lowest BCUT2D eigenvalue weighted by atomic mass is 10.1. The van der Waals surface area contributed by atoms with Gasteiger partial charge in [-0.05, 0) is 11.1 Å². The zero-order valence-electron chi connectivity index (χ0n) is 8.15. The molecule has 0 heterocycles. The van der Waals surface area contributed by atoms with Gasteiger partial charge in [-0.15, -0.1) is 0 Å². The van der Waals surface area contributed by atoms with Gasteiger partial charge in [-0.3, -0.25) is 10.0 Å². The summed E-state index contributed by atoms with van der Waals surface area (Å²) in [5.74, 6) is 0. The molecule has 0 saturated carbocycles. The highest BCUT2D eigenvalue weighted by Crippen LogP contribution is 2.17. The Bertz CT molecular complexity index is 308. The summed E-state index contributed by atoms with van der Waals surface area (Å²) in [6, 6.07) is 20.8. The van der Waals surface area contributed by atoms with E-state index in [9.17, 15) is 0 Å². The average molecular weight is 219 g/mol. The molecular weight excluding hydrogens is 207 g/mol. The van der Waals surface area contributed by atoms with E-state index in [1.807, 2.05) is 12.1 Å². The fourth-order valence-electron chi connectivity index (χ4n) is 1.26. The van der Waals surface area contributed by atoms with E-state index in [4.69, 9.17) is 10.0 Å². The molecule has 2 aromatic rings. The van der Waals surface area contributed by atoms with E-state index in [1.165, 1.54) is 11.1 Å². The Labute approximate surface area is 97.2 Å². The van der Waals surface area contributed by atoms with Gasteiger partial charge in [0.25, 0.3) is 0 Å². The summed E-state index contributed by atoms with van der Waals surface area (Å²) < 4.78 is 0. The first-order chi connectivity index (χ1) is 6.97. The van der Waals surface area contributed by atoms with Gasteiger partial charge in [0.15, 0.2) is 0 Å². The Kier molecular flexibility index (Phi) is 5.41. The zero-order chi connectivity index (χ0) is 10.2. The van der Waals surface area contributed by atoms with Crippen LogP contribution in [-0.2, 0) is 0 Å². The highest BCUT2D eigenvalue weighted by molar-refractivity contribution is 6.80. The maximum Gasteiger partial charge on any atom is 0.353 e. The Hall–Kier alpha value is -0.738. The second-order valence-corrected chi connectivity index (χ2v) is 2.73. The summed E-state index contributed by atoms with van der Waals surface area (Å²) in [7, 11) is 4.78. The van der Waals surface area contributed by atoms with Crippen molar-refractivity contribution in [1.29, 1.82) is 0 Å². The average Bonchev–Trinajstić information content (AvgIpc) is 2.34. The second kappa shape index (κ2) is 6.68. The van der Waals surface area contributed by atoms with Crippen molar-refractivity contribution in [1.82, 2.24) is 0 Å². The van der Waals surface area contributed by atoms with E-state index >= 15 is 0 Å². The summed E-state index contributed by atoms with van der Waals surface area (Å²) in [6.07, 6.45) is 0. The molecule has 0 bridgehead atoms. The van der Waals surface area contributed by atoms with Gasteiger partial charge in [-0.1, -0.05) is 60.7 Å². The SMILES string of the molecule is [AlH2][Cl].c1ccc(-c2ccccc2)cc1. The van der Waals surface area contributed by atoms with Crippen molar-refractivity contribution in [3.63, 3.8) is 0 Å². The van der Waals surface area contributed by atoms with Crippen molar-refractivity contribution in [2.24, 2.45) is 0 Å². The van der Waals surface area contributed by atoms with Crippen LogP contribution in [-0.4, -0.2) is 15.4 Å². The maximum atomic E-state index is 4.78. The summed E-state index contributed by atoms with van der Waals surface area (Å²) in [5, 5.41) is 0. The smallest absolute Gasteiger partial charge is 0.273 e. The fraction of sp³-hybridized carbons (Fsp3) is 0. The van der Waals surface area contributed by atoms with Crippen LogP contribution >= 0.6 is 10.0 Å². The molecule has 0 amide bonds. The van der Waals surface area contributed by atoms with Crippen LogP contribution in [0.5, 0.6) is 0 Å². The number of rotatable bonds is 1. The first kappa shape index (κ1) is 11.3. The molecular formula is C12H12AlCl. The van der Waals surface area contributed by atoms with Crippen molar-refractivity contribution in [3.05, 3.63) is 60.7 Å². The third-order valence-electron chi connectivity index (χ3n) is 1.88. The molecule has 2 aromatic carbocycles. The summed E-state index contributed by atoms with van der Waals surface area (Å²) in [6.45, 7) is 0. The molecule has 0 saturated heterocycles. The standard InChI is InChI=1S/C12H10.Al.ClH.2H/c1-3-7-11(8-4-1)12-9-5-2-6-10-12;;;;/h1-10H;;1H;;/q;+1;;;/p-1. The summed E-state index contributed by atoms with van der Waals surface area (Å²) >= 11 is 0.778. The van der Waals surface area contributed by atoms with E-state index in [-0.39, 0.29) is 0 Å². The van der Waals surface area contributed by atoms with Gasteiger partial charge in [-0.25, -0.2) is 0 Å². The first-order valence-electron chi connectivity index (χ1n) is 4.45. The van der Waals surface area contributed by atoms with Gasteiger partial charge in [0.1, 0.15) is 0 Å². The van der Waals surface area contributed by atoms with Crippen molar-refractivity contribution < 1.29 is 0 Å². The molecule has 14 heavy (non-hydrogen) atoms. The van der Waals surface area contributed by atoms with Crippen molar-refractivity contribution >= 4 is 25.4 Å². The molecule has 2 rings (SSSR count). The maximum absolute atomic E-state index is 4.78. The minimum absolute atomic E-state index is 0.778. The number of benzene rings is 2. The summed E-state index contributed by atoms with van der Waals surface area (Å²) in [4.78, 5) is 0. The molecule has 0 aliphatic carbocycles. The normalized spacial score (nSPS) is 8.64. The number of halogens is 1. The van der Waals surface area contributed by atoms with Crippen LogP contribution in [0, 0.1) is 0 Å². The Morgan fingerprint density at radius 1 is 0.571 bits per heavy atom. The zero-order valence-corrected chi connectivity index (χ0v) is 10.9. The van der Waals surface area contributed by atoms with Crippen LogP contribution in [0.2, 0.25) is 0 Å². The quantitative estimate of drug-likeness (QED) is 0.646. The molecule has 0 nitrogen and oxygen atoms in total. The molecule has 70 valence electrons. The van der Waals surface area contributed by atoms with Crippen LogP contribution < -0.4 is 0 Å². The van der Waals surface area contributed by atoms with Crippen LogP contribution in [0.25, 0.3) is 11.1 Å². The Balaban J connectivity index is 0.000000461. The molecule has 0 radical (unpaired) electrons. The molecule has 0 spiro atoms. The van der Waals surface area contributed by atoms with E-state index in [0.717, 1.165) is 15.4 Å². The van der Waals surface area contributed by atoms with Gasteiger partial charge in [0, 0.05) is 0 Å². The number of hydrogen-bond donors (Lipinski definition) is 0. The van der Waals surface area contributed by atoms with E-state index in [1.54, 1.807) is 0 Å². The molecule has 0 atom stereocenters. The highest BCUT2D eigenvalue weighted by atomic mass is 35.6. The van der Waals surface area contributed by atoms with E-state index in [0.29, 0.717) is 0 Å². The van der Waals surface area contributed by atoms with Crippen molar-refractivity contribution in [2.45, 2.75) is 0 Å². The monoisotopic (exact) mass is 218 g/mol. The minimum atomic E-state index is 0.778. The molecule has 0 aliphatic heterocycles. The molecule has 0 aliphatic rings. The minimum Gasteiger partial charge on any atom is -0.273 e. The molecule has 0 fully saturated rings. The fourth-order valence-corrected chi connectivity index (χ4v) is 1.26. The third-order valence-corrected chi connectivity index (χ3v) is 1.88. The van der Waals surface area contributed by atoms with Crippen molar-refractivity contribution in [3.8, 4) is 11.1 Å². The predicted octanol–water partition coefficient (Wildman–Crippen LogP) is 3.13. The van der Waals surface area contributed by atoms with Gasteiger partial charge in [0.2, 0.25) is 0 Å². The van der Waals surface area contributed by atoms with Crippen molar-refractivity contribution in [2.75, 3.05) is 0 Å². The van der Waals surface area contributed by atoms with E-state index < -0.39 is 0 Å². The lowest BCUT2D eigenvalue weighted by Crippen LogP contribution is -1.73. The molecule has 2 heteroatoms. The second-order valence-electron chi connectivity index (χ2n) is 2.73. The lowest BCUT2D eigenvalue weighted by Gasteiger charge is -1.98. The number of hydrogen-bond acceptors (Lipinski definition) is 0. The van der Waals surface area contributed by atoms with Gasteiger partial charge >= 0.3 is 15.4 Å². The van der Waals surface area contributed by atoms with Gasteiger partial charge in [0.05, 0.1) is 0 Å². The third kappa shape index (κ3) is 3.20. The highest BCUT2D eigenvalue weighted by Gasteiger charge is 1.91. The molecule has 0 unspecified atom stereocenters. The van der Waals surface area contributed by atoms with Crippen LogP contribution in [0.4, 0.5) is 0 Å². The van der Waals surface area contributed by atoms with Gasteiger partial charge in [-0.2, -0.15) is 0 Å². The topological polar surface area (TPSA) is 0 Å². The molecule has 0 N–H and O–H groups in total. The predicted molar refractivity (Wildman–Crippen MR) is 66.3 cm³/mol. The summed E-state index contributed by atoms with van der Waals surface area (Å²) in [5.41, 5.74) is 2.55. The van der Waals surface area contributed by atoms with Crippen LogP contribution in [0.1, 0.15) is 0 Å². The van der Waals surface area contributed by atoms with Gasteiger partial charge < -0.3 is 0 Å². The van der Waals surface area contributed by atoms with Crippen LogP contribution in [0.15, 0.2) is 60.7 Å². The van der Waals surface area contributed by atoms with Crippen LogP contribution in [0.3, 0.4) is 0 Å². The Morgan fingerprint density at radius 2 is 0.857 bits per heavy atom. The largest absolute Gasteiger partial charge is 0.353 e. The molecule has 0 aromatic heterocycles. The van der Waals surface area contributed by atoms with E-state index in [2.05, 4.69) is 48.5 Å². The first-order valence-corrected chi connectivity index (χ1v) is 7.47. The lowest BCUT2D eigenvalue weighted by molar-refractivity contribution is 1.62.